The fourth-order valence-corrected chi connectivity index (χ4v) is 4.26. The highest BCUT2D eigenvalue weighted by atomic mass is 32.2. The second-order valence-corrected chi connectivity index (χ2v) is 8.58. The van der Waals surface area contributed by atoms with E-state index in [0.29, 0.717) is 31.0 Å². The molecule has 2 aromatic rings. The highest BCUT2D eigenvalue weighted by Gasteiger charge is 2.28. The molecule has 144 valence electrons. The standard InChI is InChI=1S/C19H21NO6S/c1-14-11-16(12-19(22)25-14)26-15-7-9-20(13-15)18(21)8-10-27(23,24)17-5-3-2-4-6-17/h2-6,11-12,15H,7-10,13H2,1H3. The number of hydrogen-bond acceptors (Lipinski definition) is 6. The van der Waals surface area contributed by atoms with Gasteiger partial charge in [-0.2, -0.15) is 0 Å². The molecule has 0 aliphatic carbocycles. The van der Waals surface area contributed by atoms with E-state index in [9.17, 15) is 18.0 Å². The zero-order valence-corrected chi connectivity index (χ0v) is 15.8. The summed E-state index contributed by atoms with van der Waals surface area (Å²) in [4.78, 5) is 25.6. The molecule has 0 saturated carbocycles. The van der Waals surface area contributed by atoms with E-state index in [0.717, 1.165) is 0 Å². The number of nitrogens with zero attached hydrogens (tertiary/aromatic N) is 1. The van der Waals surface area contributed by atoms with E-state index >= 15 is 0 Å². The molecular formula is C19H21NO6S. The van der Waals surface area contributed by atoms with Gasteiger partial charge in [-0.15, -0.1) is 0 Å². The fourth-order valence-electron chi connectivity index (χ4n) is 3.01. The number of likely N-dealkylation sites (tertiary alicyclic amines) is 1. The second kappa shape index (κ2) is 7.96. The molecule has 1 fully saturated rings. The maximum Gasteiger partial charge on any atom is 0.339 e. The van der Waals surface area contributed by atoms with Crippen LogP contribution in [0.4, 0.5) is 0 Å². The van der Waals surface area contributed by atoms with Crippen molar-refractivity contribution in [3.63, 3.8) is 0 Å². The number of amides is 1. The summed E-state index contributed by atoms with van der Waals surface area (Å²) in [6.45, 7) is 2.52. The number of sulfone groups is 1. The number of rotatable bonds is 6. The Kier molecular flexibility index (Phi) is 5.65. The number of carbonyl (C=O) groups is 1. The summed E-state index contributed by atoms with van der Waals surface area (Å²) in [6, 6.07) is 11.0. The van der Waals surface area contributed by atoms with Gasteiger partial charge >= 0.3 is 5.63 Å². The van der Waals surface area contributed by atoms with E-state index in [1.54, 1.807) is 36.1 Å². The van der Waals surface area contributed by atoms with E-state index in [4.69, 9.17) is 9.15 Å². The van der Waals surface area contributed by atoms with Crippen LogP contribution in [0.3, 0.4) is 0 Å². The smallest absolute Gasteiger partial charge is 0.339 e. The van der Waals surface area contributed by atoms with Crippen LogP contribution >= 0.6 is 0 Å². The molecule has 1 aromatic carbocycles. The van der Waals surface area contributed by atoms with Crippen molar-refractivity contribution in [3.05, 3.63) is 58.6 Å². The van der Waals surface area contributed by atoms with Gasteiger partial charge in [0.25, 0.3) is 0 Å². The predicted octanol–water partition coefficient (Wildman–Crippen LogP) is 1.79. The highest BCUT2D eigenvalue weighted by Crippen LogP contribution is 2.19. The normalized spacial score (nSPS) is 17.1. The molecule has 1 atom stereocenters. The summed E-state index contributed by atoms with van der Waals surface area (Å²) >= 11 is 0. The minimum Gasteiger partial charge on any atom is -0.488 e. The van der Waals surface area contributed by atoms with Crippen molar-refractivity contribution in [2.24, 2.45) is 0 Å². The Morgan fingerprint density at radius 1 is 1.26 bits per heavy atom. The SMILES string of the molecule is Cc1cc(OC2CCN(C(=O)CCS(=O)(=O)c3ccccc3)C2)cc(=O)o1. The summed E-state index contributed by atoms with van der Waals surface area (Å²) in [6.07, 6.45) is 0.315. The summed E-state index contributed by atoms with van der Waals surface area (Å²) < 4.78 is 35.2. The maximum absolute atomic E-state index is 12.4. The predicted molar refractivity (Wildman–Crippen MR) is 98.4 cm³/mol. The molecule has 0 radical (unpaired) electrons. The van der Waals surface area contributed by atoms with Crippen molar-refractivity contribution in [3.8, 4) is 5.75 Å². The number of ether oxygens (including phenoxy) is 1. The van der Waals surface area contributed by atoms with Crippen molar-refractivity contribution in [1.82, 2.24) is 4.90 Å². The zero-order chi connectivity index (χ0) is 19.4. The maximum atomic E-state index is 12.4. The van der Waals surface area contributed by atoms with E-state index in [2.05, 4.69) is 0 Å². The first-order valence-electron chi connectivity index (χ1n) is 8.67. The van der Waals surface area contributed by atoms with Crippen LogP contribution in [0.25, 0.3) is 0 Å². The average molecular weight is 391 g/mol. The third kappa shape index (κ3) is 4.97. The van der Waals surface area contributed by atoms with Crippen LogP contribution in [-0.2, 0) is 14.6 Å². The molecule has 0 bridgehead atoms. The number of hydrogen-bond donors (Lipinski definition) is 0. The lowest BCUT2D eigenvalue weighted by Crippen LogP contribution is -2.32. The molecular weight excluding hydrogens is 370 g/mol. The molecule has 0 spiro atoms. The van der Waals surface area contributed by atoms with E-state index < -0.39 is 15.5 Å². The van der Waals surface area contributed by atoms with Gasteiger partial charge in [0, 0.05) is 25.5 Å². The van der Waals surface area contributed by atoms with Crippen LogP contribution in [0.2, 0.25) is 0 Å². The molecule has 1 aromatic heterocycles. The summed E-state index contributed by atoms with van der Waals surface area (Å²) in [5.74, 6) is 0.421. The fraction of sp³-hybridized carbons (Fsp3) is 0.368. The van der Waals surface area contributed by atoms with Gasteiger partial charge in [0.15, 0.2) is 9.84 Å². The summed E-state index contributed by atoms with van der Waals surface area (Å²) in [7, 11) is -3.48. The molecule has 1 saturated heterocycles. The second-order valence-electron chi connectivity index (χ2n) is 6.47. The lowest BCUT2D eigenvalue weighted by Gasteiger charge is -2.17. The Hall–Kier alpha value is -2.61. The van der Waals surface area contributed by atoms with Crippen LogP contribution in [0.1, 0.15) is 18.6 Å². The molecule has 1 aliphatic heterocycles. The Balaban J connectivity index is 1.54. The van der Waals surface area contributed by atoms with Gasteiger partial charge in [-0.25, -0.2) is 13.2 Å². The Morgan fingerprint density at radius 2 is 2.00 bits per heavy atom. The zero-order valence-electron chi connectivity index (χ0n) is 15.0. The molecule has 0 N–H and O–H groups in total. The average Bonchev–Trinajstić information content (AvgIpc) is 3.08. The monoisotopic (exact) mass is 391 g/mol. The number of carbonyl (C=O) groups excluding carboxylic acids is 1. The molecule has 27 heavy (non-hydrogen) atoms. The summed E-state index contributed by atoms with van der Waals surface area (Å²) in [5, 5.41) is 0. The Bertz CT molecular complexity index is 967. The highest BCUT2D eigenvalue weighted by molar-refractivity contribution is 7.91. The van der Waals surface area contributed by atoms with Crippen LogP contribution in [-0.4, -0.2) is 44.2 Å². The Labute approximate surface area is 157 Å². The third-order valence-electron chi connectivity index (χ3n) is 4.35. The quantitative estimate of drug-likeness (QED) is 0.745. The van der Waals surface area contributed by atoms with Crippen LogP contribution in [0, 0.1) is 6.92 Å². The number of benzene rings is 1. The van der Waals surface area contributed by atoms with Gasteiger partial charge in [0.05, 0.1) is 23.3 Å². The van der Waals surface area contributed by atoms with Gasteiger partial charge in [0.2, 0.25) is 5.91 Å². The van der Waals surface area contributed by atoms with Gasteiger partial charge in [-0.3, -0.25) is 4.79 Å². The van der Waals surface area contributed by atoms with Gasteiger partial charge in [-0.05, 0) is 19.1 Å². The molecule has 3 rings (SSSR count). The minimum absolute atomic E-state index is 0.0714. The first kappa shape index (κ1) is 19.2. The largest absolute Gasteiger partial charge is 0.488 e. The van der Waals surface area contributed by atoms with Crippen LogP contribution in [0.15, 0.2) is 56.6 Å². The van der Waals surface area contributed by atoms with Crippen LogP contribution in [0.5, 0.6) is 5.75 Å². The molecule has 1 amide bonds. The lowest BCUT2D eigenvalue weighted by atomic mass is 10.3. The van der Waals surface area contributed by atoms with Gasteiger partial charge < -0.3 is 14.1 Å². The van der Waals surface area contributed by atoms with E-state index in [1.807, 2.05) is 0 Å². The molecule has 1 unspecified atom stereocenters. The Morgan fingerprint density at radius 3 is 2.70 bits per heavy atom. The third-order valence-corrected chi connectivity index (χ3v) is 6.09. The van der Waals surface area contributed by atoms with Crippen molar-refractivity contribution < 1.29 is 22.4 Å². The summed E-state index contributed by atoms with van der Waals surface area (Å²) in [5.41, 5.74) is -0.484. The van der Waals surface area contributed by atoms with E-state index in [1.165, 1.54) is 18.2 Å². The van der Waals surface area contributed by atoms with Gasteiger partial charge in [0.1, 0.15) is 17.6 Å². The van der Waals surface area contributed by atoms with Crippen molar-refractivity contribution in [2.75, 3.05) is 18.8 Å². The minimum atomic E-state index is -3.48. The topological polar surface area (TPSA) is 93.9 Å². The first-order valence-corrected chi connectivity index (χ1v) is 10.3. The molecule has 2 heterocycles. The first-order chi connectivity index (χ1) is 12.8. The number of aryl methyl sites for hydroxylation is 1. The van der Waals surface area contributed by atoms with Crippen molar-refractivity contribution >= 4 is 15.7 Å². The van der Waals surface area contributed by atoms with Crippen molar-refractivity contribution in [2.45, 2.75) is 30.8 Å². The van der Waals surface area contributed by atoms with E-state index in [-0.39, 0.29) is 29.1 Å². The van der Waals surface area contributed by atoms with Gasteiger partial charge in [-0.1, -0.05) is 18.2 Å². The van der Waals surface area contributed by atoms with Crippen LogP contribution < -0.4 is 10.4 Å². The lowest BCUT2D eigenvalue weighted by molar-refractivity contribution is -0.130. The van der Waals surface area contributed by atoms with Crippen molar-refractivity contribution in [1.29, 1.82) is 0 Å². The molecule has 8 heteroatoms. The molecule has 7 nitrogen and oxygen atoms in total. The molecule has 1 aliphatic rings.